The van der Waals surface area contributed by atoms with E-state index in [-0.39, 0.29) is 4.47 Å². The van der Waals surface area contributed by atoms with Crippen molar-refractivity contribution in [3.05, 3.63) is 33.8 Å². The largest absolute Gasteiger partial charge is 0.368 e. The first-order chi connectivity index (χ1) is 8.11. The topological polar surface area (TPSA) is 26.3 Å². The van der Waals surface area contributed by atoms with Crippen LogP contribution in [0.3, 0.4) is 0 Å². The molecule has 1 fully saturated rings. The molecule has 0 N–H and O–H groups in total. The quantitative estimate of drug-likeness (QED) is 0.618. The van der Waals surface area contributed by atoms with Gasteiger partial charge in [0.25, 0.3) is 0 Å². The van der Waals surface area contributed by atoms with E-state index in [1.165, 1.54) is 17.8 Å². The van der Waals surface area contributed by atoms with Crippen molar-refractivity contribution in [1.29, 1.82) is 0 Å². The van der Waals surface area contributed by atoms with Gasteiger partial charge in [-0.2, -0.15) is 11.8 Å². The highest BCUT2D eigenvalue weighted by Gasteiger charge is 2.29. The Balaban J connectivity index is 2.32. The van der Waals surface area contributed by atoms with Crippen LogP contribution in [0.25, 0.3) is 0 Å². The van der Waals surface area contributed by atoms with Gasteiger partial charge in [-0.25, -0.2) is 8.78 Å². The van der Waals surface area contributed by atoms with Crippen LogP contribution in [0.5, 0.6) is 0 Å². The zero-order valence-electron chi connectivity index (χ0n) is 8.71. The molecule has 1 heterocycles. The van der Waals surface area contributed by atoms with Gasteiger partial charge in [0.05, 0.1) is 16.6 Å². The van der Waals surface area contributed by atoms with Crippen molar-refractivity contribution in [3.8, 4) is 0 Å². The molecule has 0 aromatic heterocycles. The molecule has 0 amide bonds. The van der Waals surface area contributed by atoms with E-state index in [0.29, 0.717) is 12.4 Å². The van der Waals surface area contributed by atoms with E-state index in [0.717, 1.165) is 11.8 Å². The molecular weight excluding hydrogens is 314 g/mol. The van der Waals surface area contributed by atoms with E-state index in [4.69, 9.17) is 4.74 Å². The molecule has 1 atom stereocenters. The molecule has 92 valence electrons. The Morgan fingerprint density at radius 3 is 2.88 bits per heavy atom. The van der Waals surface area contributed by atoms with Gasteiger partial charge in [0, 0.05) is 11.5 Å². The second kappa shape index (κ2) is 5.46. The minimum absolute atomic E-state index is 0.0747. The first-order valence-corrected chi connectivity index (χ1v) is 6.93. The van der Waals surface area contributed by atoms with Crippen molar-refractivity contribution in [1.82, 2.24) is 0 Å². The molecule has 0 spiro atoms. The minimum atomic E-state index is -0.867. The third kappa shape index (κ3) is 2.69. The Bertz CT molecular complexity index is 447. The average Bonchev–Trinajstić information content (AvgIpc) is 2.35. The zero-order valence-corrected chi connectivity index (χ0v) is 11.1. The number of carbonyl (C=O) groups is 1. The summed E-state index contributed by atoms with van der Waals surface area (Å²) in [5.74, 6) is -1.12. The van der Waals surface area contributed by atoms with Crippen LogP contribution in [0.2, 0.25) is 0 Å². The van der Waals surface area contributed by atoms with Crippen LogP contribution in [0, 0.1) is 11.6 Å². The van der Waals surface area contributed by atoms with E-state index in [9.17, 15) is 13.6 Å². The first-order valence-electron chi connectivity index (χ1n) is 4.98. The van der Waals surface area contributed by atoms with Crippen LogP contribution < -0.4 is 0 Å². The number of halogens is 3. The maximum absolute atomic E-state index is 13.7. The number of ether oxygens (including phenoxy) is 1. The van der Waals surface area contributed by atoms with Gasteiger partial charge in [0.1, 0.15) is 11.9 Å². The summed E-state index contributed by atoms with van der Waals surface area (Å²) in [6.45, 7) is 0.429. The normalized spacial score (nSPS) is 20.3. The van der Waals surface area contributed by atoms with Crippen molar-refractivity contribution in [2.75, 3.05) is 18.1 Å². The smallest absolute Gasteiger partial charge is 0.198 e. The summed E-state index contributed by atoms with van der Waals surface area (Å²) >= 11 is 4.47. The monoisotopic (exact) mass is 322 g/mol. The standard InChI is InChI=1S/C11H9BrF2O2S/c12-6-1-2-7(13)9(10(6)14)11(15)8-5-17-4-3-16-8/h1-2,8H,3-5H2. The Labute approximate surface area is 110 Å². The number of Topliss-reactive ketones (excluding diaryl/α,β-unsaturated/α-hetero) is 1. The number of hydrogen-bond donors (Lipinski definition) is 0. The molecule has 1 unspecified atom stereocenters. The summed E-state index contributed by atoms with van der Waals surface area (Å²) in [6, 6.07) is 2.30. The molecule has 6 heteroatoms. The molecular formula is C11H9BrF2O2S. The van der Waals surface area contributed by atoms with Crippen LogP contribution in [-0.2, 0) is 4.74 Å². The van der Waals surface area contributed by atoms with Gasteiger partial charge >= 0.3 is 0 Å². The lowest BCUT2D eigenvalue weighted by Gasteiger charge is -2.21. The van der Waals surface area contributed by atoms with Gasteiger partial charge in [-0.3, -0.25) is 4.79 Å². The number of thioether (sulfide) groups is 1. The summed E-state index contributed by atoms with van der Waals surface area (Å²) in [4.78, 5) is 12.0. The van der Waals surface area contributed by atoms with Crippen LogP contribution in [0.1, 0.15) is 10.4 Å². The Kier molecular flexibility index (Phi) is 4.17. The van der Waals surface area contributed by atoms with E-state index < -0.39 is 29.1 Å². The second-order valence-electron chi connectivity index (χ2n) is 3.52. The fourth-order valence-electron chi connectivity index (χ4n) is 1.55. The molecule has 0 saturated carbocycles. The van der Waals surface area contributed by atoms with Crippen LogP contribution in [-0.4, -0.2) is 30.0 Å². The van der Waals surface area contributed by atoms with Gasteiger partial charge in [0.15, 0.2) is 11.6 Å². The molecule has 1 aromatic carbocycles. The number of carbonyl (C=O) groups excluding carboxylic acids is 1. The molecule has 2 nitrogen and oxygen atoms in total. The van der Waals surface area contributed by atoms with Crippen molar-refractivity contribution >= 4 is 33.5 Å². The van der Waals surface area contributed by atoms with Gasteiger partial charge in [-0.05, 0) is 28.1 Å². The lowest BCUT2D eigenvalue weighted by atomic mass is 10.1. The Morgan fingerprint density at radius 2 is 2.24 bits per heavy atom. The SMILES string of the molecule is O=C(c1c(F)ccc(Br)c1F)C1CSCCO1. The van der Waals surface area contributed by atoms with E-state index >= 15 is 0 Å². The molecule has 2 rings (SSSR count). The molecule has 1 aromatic rings. The second-order valence-corrected chi connectivity index (χ2v) is 5.52. The third-order valence-corrected chi connectivity index (χ3v) is 4.00. The van der Waals surface area contributed by atoms with Crippen LogP contribution in [0.15, 0.2) is 16.6 Å². The summed E-state index contributed by atoms with van der Waals surface area (Å²) in [5, 5.41) is 0. The number of ketones is 1. The van der Waals surface area contributed by atoms with Crippen LogP contribution >= 0.6 is 27.7 Å². The highest BCUT2D eigenvalue weighted by atomic mass is 79.9. The molecule has 0 radical (unpaired) electrons. The average molecular weight is 323 g/mol. The molecule has 1 aliphatic rings. The van der Waals surface area contributed by atoms with Crippen molar-refractivity contribution < 1.29 is 18.3 Å². The summed E-state index contributed by atoms with van der Waals surface area (Å²) in [6.07, 6.45) is -0.757. The third-order valence-electron chi connectivity index (χ3n) is 2.40. The van der Waals surface area contributed by atoms with Gasteiger partial charge in [-0.15, -0.1) is 0 Å². The summed E-state index contributed by atoms with van der Waals surface area (Å²) < 4.78 is 32.5. The number of rotatable bonds is 2. The molecule has 1 saturated heterocycles. The molecule has 17 heavy (non-hydrogen) atoms. The highest BCUT2D eigenvalue weighted by Crippen LogP contribution is 2.25. The highest BCUT2D eigenvalue weighted by molar-refractivity contribution is 9.10. The lowest BCUT2D eigenvalue weighted by molar-refractivity contribution is 0.0510. The van der Waals surface area contributed by atoms with E-state index in [1.807, 2.05) is 0 Å². The number of hydrogen-bond acceptors (Lipinski definition) is 3. The van der Waals surface area contributed by atoms with E-state index in [1.54, 1.807) is 0 Å². The van der Waals surface area contributed by atoms with Gasteiger partial charge < -0.3 is 4.74 Å². The summed E-state index contributed by atoms with van der Waals surface area (Å²) in [5.41, 5.74) is -0.521. The maximum atomic E-state index is 13.7. The number of benzene rings is 1. The fourth-order valence-corrected chi connectivity index (χ4v) is 2.73. The summed E-state index contributed by atoms with van der Waals surface area (Å²) in [7, 11) is 0. The predicted octanol–water partition coefficient (Wildman–Crippen LogP) is 3.04. The molecule has 1 aliphatic heterocycles. The molecule has 0 bridgehead atoms. The Hall–Kier alpha value is -0.460. The van der Waals surface area contributed by atoms with Crippen molar-refractivity contribution in [3.63, 3.8) is 0 Å². The zero-order chi connectivity index (χ0) is 12.4. The van der Waals surface area contributed by atoms with E-state index in [2.05, 4.69) is 15.9 Å². The molecule has 0 aliphatic carbocycles. The van der Waals surface area contributed by atoms with Crippen LogP contribution in [0.4, 0.5) is 8.78 Å². The van der Waals surface area contributed by atoms with Crippen molar-refractivity contribution in [2.24, 2.45) is 0 Å². The first kappa shape index (κ1) is 13.0. The van der Waals surface area contributed by atoms with Gasteiger partial charge in [-0.1, -0.05) is 0 Å². The van der Waals surface area contributed by atoms with Crippen molar-refractivity contribution in [2.45, 2.75) is 6.10 Å². The minimum Gasteiger partial charge on any atom is -0.368 e. The Morgan fingerprint density at radius 1 is 1.47 bits per heavy atom. The fraction of sp³-hybridized carbons (Fsp3) is 0.364. The predicted molar refractivity (Wildman–Crippen MR) is 65.5 cm³/mol. The lowest BCUT2D eigenvalue weighted by Crippen LogP contribution is -2.32. The maximum Gasteiger partial charge on any atom is 0.198 e. The van der Waals surface area contributed by atoms with Gasteiger partial charge in [0.2, 0.25) is 0 Å².